The van der Waals surface area contributed by atoms with Gasteiger partial charge in [-0.15, -0.1) is 0 Å². The van der Waals surface area contributed by atoms with Crippen LogP contribution >= 0.6 is 11.6 Å². The van der Waals surface area contributed by atoms with E-state index >= 15 is 0 Å². The van der Waals surface area contributed by atoms with Crippen LogP contribution in [-0.4, -0.2) is 30.8 Å². The summed E-state index contributed by atoms with van der Waals surface area (Å²) in [6, 6.07) is 0. The Bertz CT molecular complexity index is 518. The summed E-state index contributed by atoms with van der Waals surface area (Å²) in [5.41, 5.74) is 0.458. The molecule has 2 heterocycles. The maximum Gasteiger partial charge on any atom is 0.377 e. The first-order valence-corrected chi connectivity index (χ1v) is 4.22. The minimum atomic E-state index is -1.25. The molecule has 0 fully saturated rings. The molecular weight excluding hydrogens is 224 g/mol. The lowest BCUT2D eigenvalue weighted by Crippen LogP contribution is -1.98. The number of hydrogen-bond acceptors (Lipinski definition) is 5. The first-order chi connectivity index (χ1) is 7.09. The van der Waals surface area contributed by atoms with E-state index in [-0.39, 0.29) is 11.2 Å². The highest BCUT2D eigenvalue weighted by Crippen LogP contribution is 2.19. The zero-order chi connectivity index (χ0) is 11.0. The minimum Gasteiger partial charge on any atom is -0.475 e. The van der Waals surface area contributed by atoms with Crippen LogP contribution in [0.15, 0.2) is 10.7 Å². The third-order valence-electron chi connectivity index (χ3n) is 1.77. The predicted molar refractivity (Wildman–Crippen MR) is 48.5 cm³/mol. The second-order valence-corrected chi connectivity index (χ2v) is 3.04. The Labute approximate surface area is 88.3 Å². The smallest absolute Gasteiger partial charge is 0.377 e. The fourth-order valence-electron chi connectivity index (χ4n) is 1.00. The van der Waals surface area contributed by atoms with Crippen molar-refractivity contribution in [1.29, 1.82) is 0 Å². The van der Waals surface area contributed by atoms with Crippen LogP contribution in [0.4, 0.5) is 0 Å². The number of rotatable bonds is 2. The average molecular weight is 229 g/mol. The number of hydrogen-bond donors (Lipinski definition) is 1. The van der Waals surface area contributed by atoms with Crippen LogP contribution in [0, 0.1) is 0 Å². The van der Waals surface area contributed by atoms with Gasteiger partial charge in [0.2, 0.25) is 5.28 Å². The Hall–Kier alpha value is -1.89. The van der Waals surface area contributed by atoms with Crippen LogP contribution in [0.25, 0.3) is 11.6 Å². The summed E-state index contributed by atoms with van der Waals surface area (Å²) >= 11 is 5.69. The zero-order valence-electron chi connectivity index (χ0n) is 7.51. The molecule has 8 heteroatoms. The molecule has 0 aromatic carbocycles. The van der Waals surface area contributed by atoms with Crippen molar-refractivity contribution in [2.75, 3.05) is 0 Å². The molecule has 2 aromatic heterocycles. The summed E-state index contributed by atoms with van der Waals surface area (Å²) in [7, 11) is 1.65. The molecule has 0 saturated heterocycles. The lowest BCUT2D eigenvalue weighted by molar-refractivity contribution is 0.0680. The maximum atomic E-state index is 10.5. The van der Waals surface area contributed by atoms with E-state index in [2.05, 4.69) is 15.1 Å². The number of carboxylic acids is 1. The van der Waals surface area contributed by atoms with Crippen molar-refractivity contribution in [3.8, 4) is 11.6 Å². The molecule has 0 aliphatic carbocycles. The maximum absolute atomic E-state index is 10.5. The van der Waals surface area contributed by atoms with Crippen molar-refractivity contribution in [2.24, 2.45) is 7.05 Å². The highest BCUT2D eigenvalue weighted by molar-refractivity contribution is 6.28. The molecule has 0 aliphatic heterocycles. The van der Waals surface area contributed by atoms with Crippen LogP contribution in [0.3, 0.4) is 0 Å². The van der Waals surface area contributed by atoms with Gasteiger partial charge in [0, 0.05) is 7.05 Å². The SMILES string of the molecule is Cn1c(-c2nc(C(=O)O)no2)cnc1Cl. The number of halogens is 1. The summed E-state index contributed by atoms with van der Waals surface area (Å²) < 4.78 is 6.25. The summed E-state index contributed by atoms with van der Waals surface area (Å²) in [5, 5.41) is 12.1. The largest absolute Gasteiger partial charge is 0.475 e. The van der Waals surface area contributed by atoms with Crippen molar-refractivity contribution in [3.63, 3.8) is 0 Å². The second kappa shape index (κ2) is 3.35. The van der Waals surface area contributed by atoms with E-state index in [0.717, 1.165) is 0 Å². The molecule has 15 heavy (non-hydrogen) atoms. The van der Waals surface area contributed by atoms with Gasteiger partial charge in [0.1, 0.15) is 5.69 Å². The number of carboxylic acid groups (broad SMARTS) is 1. The standard InChI is InChI=1S/C7H5ClN4O3/c1-12-3(2-9-7(12)8)5-10-4(6(13)14)11-15-5/h2H,1H3,(H,13,14). The number of aromatic nitrogens is 4. The summed E-state index contributed by atoms with van der Waals surface area (Å²) in [6.45, 7) is 0. The molecule has 0 unspecified atom stereocenters. The van der Waals surface area contributed by atoms with Crippen molar-refractivity contribution >= 4 is 17.6 Å². The van der Waals surface area contributed by atoms with Crippen molar-refractivity contribution in [2.45, 2.75) is 0 Å². The third-order valence-corrected chi connectivity index (χ3v) is 2.12. The Morgan fingerprint density at radius 2 is 2.40 bits per heavy atom. The normalized spacial score (nSPS) is 10.5. The van der Waals surface area contributed by atoms with Crippen molar-refractivity contribution < 1.29 is 14.4 Å². The van der Waals surface area contributed by atoms with Crippen LogP contribution in [-0.2, 0) is 7.05 Å². The summed E-state index contributed by atoms with van der Waals surface area (Å²) in [5.74, 6) is -1.59. The Kier molecular flexibility index (Phi) is 2.16. The second-order valence-electron chi connectivity index (χ2n) is 2.70. The van der Waals surface area contributed by atoms with E-state index in [1.807, 2.05) is 0 Å². The van der Waals surface area contributed by atoms with Gasteiger partial charge in [0.25, 0.3) is 11.7 Å². The first-order valence-electron chi connectivity index (χ1n) is 3.84. The van der Waals surface area contributed by atoms with Gasteiger partial charge in [-0.1, -0.05) is 0 Å². The van der Waals surface area contributed by atoms with Gasteiger partial charge in [0.05, 0.1) is 6.20 Å². The minimum absolute atomic E-state index is 0.0642. The van der Waals surface area contributed by atoms with Gasteiger partial charge in [-0.2, -0.15) is 4.98 Å². The fraction of sp³-hybridized carbons (Fsp3) is 0.143. The molecule has 78 valence electrons. The van der Waals surface area contributed by atoms with Crippen molar-refractivity contribution in [3.05, 3.63) is 17.3 Å². The van der Waals surface area contributed by atoms with E-state index in [1.54, 1.807) is 7.05 Å². The highest BCUT2D eigenvalue weighted by Gasteiger charge is 2.17. The van der Waals surface area contributed by atoms with Gasteiger partial charge in [-0.25, -0.2) is 9.78 Å². The molecule has 0 bridgehead atoms. The molecule has 0 aliphatic rings. The Morgan fingerprint density at radius 3 is 2.87 bits per heavy atom. The molecule has 7 nitrogen and oxygen atoms in total. The van der Waals surface area contributed by atoms with Gasteiger partial charge >= 0.3 is 5.97 Å². The van der Waals surface area contributed by atoms with E-state index in [9.17, 15) is 4.79 Å². The topological polar surface area (TPSA) is 94.0 Å². The van der Waals surface area contributed by atoms with Crippen LogP contribution in [0.1, 0.15) is 10.6 Å². The number of imidazole rings is 1. The summed E-state index contributed by atoms with van der Waals surface area (Å²) in [6.07, 6.45) is 1.42. The molecule has 1 N–H and O–H groups in total. The zero-order valence-corrected chi connectivity index (χ0v) is 8.26. The molecule has 0 saturated carbocycles. The lowest BCUT2D eigenvalue weighted by atomic mass is 10.4. The van der Waals surface area contributed by atoms with Crippen LogP contribution in [0.2, 0.25) is 5.28 Å². The summed E-state index contributed by atoms with van der Waals surface area (Å²) in [4.78, 5) is 18.0. The first kappa shape index (κ1) is 9.66. The van der Waals surface area contributed by atoms with Crippen molar-refractivity contribution in [1.82, 2.24) is 19.7 Å². The molecule has 2 rings (SSSR count). The van der Waals surface area contributed by atoms with Crippen LogP contribution in [0.5, 0.6) is 0 Å². The van der Waals surface area contributed by atoms with E-state index in [0.29, 0.717) is 5.69 Å². The number of nitrogens with zero attached hydrogens (tertiary/aromatic N) is 4. The third kappa shape index (κ3) is 1.57. The van der Waals surface area contributed by atoms with Gasteiger partial charge in [-0.3, -0.25) is 0 Å². The van der Waals surface area contributed by atoms with Gasteiger partial charge in [-0.05, 0) is 16.8 Å². The Balaban J connectivity index is 2.46. The average Bonchev–Trinajstić information content (AvgIpc) is 2.76. The monoisotopic (exact) mass is 228 g/mol. The predicted octanol–water partition coefficient (Wildman–Crippen LogP) is 0.822. The number of carbonyl (C=O) groups is 1. The molecular formula is C7H5ClN4O3. The molecule has 0 atom stereocenters. The van der Waals surface area contributed by atoms with Gasteiger partial charge in [0.15, 0.2) is 0 Å². The molecule has 0 spiro atoms. The molecule has 2 aromatic rings. The fourth-order valence-corrected chi connectivity index (χ4v) is 1.14. The lowest BCUT2D eigenvalue weighted by Gasteiger charge is -1.95. The van der Waals surface area contributed by atoms with Gasteiger partial charge < -0.3 is 14.2 Å². The quantitative estimate of drug-likeness (QED) is 0.818. The van der Waals surface area contributed by atoms with E-state index in [1.165, 1.54) is 10.8 Å². The van der Waals surface area contributed by atoms with E-state index < -0.39 is 11.8 Å². The van der Waals surface area contributed by atoms with Crippen LogP contribution < -0.4 is 0 Å². The highest BCUT2D eigenvalue weighted by atomic mass is 35.5. The molecule has 0 amide bonds. The number of aromatic carboxylic acids is 1. The van der Waals surface area contributed by atoms with E-state index in [4.69, 9.17) is 21.2 Å². The Morgan fingerprint density at radius 1 is 1.67 bits per heavy atom. The molecule has 0 radical (unpaired) electrons.